The Balaban J connectivity index is 1.64. The Kier molecular flexibility index (Phi) is 5.53. The number of aromatic nitrogens is 2. The molecule has 0 bridgehead atoms. The van der Waals surface area contributed by atoms with E-state index in [-0.39, 0.29) is 5.91 Å². The molecule has 1 saturated heterocycles. The van der Waals surface area contributed by atoms with Gasteiger partial charge in [-0.05, 0) is 70.0 Å². The van der Waals surface area contributed by atoms with Crippen molar-refractivity contribution in [2.24, 2.45) is 0 Å². The highest BCUT2D eigenvalue weighted by molar-refractivity contribution is 5.78. The second-order valence-electron chi connectivity index (χ2n) is 7.02. The summed E-state index contributed by atoms with van der Waals surface area (Å²) in [5, 5.41) is 7.91. The lowest BCUT2D eigenvalue weighted by atomic mass is 10.1. The highest BCUT2D eigenvalue weighted by Crippen LogP contribution is 2.16. The van der Waals surface area contributed by atoms with Gasteiger partial charge in [-0.3, -0.25) is 4.79 Å². The zero-order chi connectivity index (χ0) is 17.8. The summed E-state index contributed by atoms with van der Waals surface area (Å²) >= 11 is 0. The summed E-state index contributed by atoms with van der Waals surface area (Å²) in [6.45, 7) is 6.11. The fourth-order valence-corrected chi connectivity index (χ4v) is 3.54. The van der Waals surface area contributed by atoms with Crippen LogP contribution in [0.1, 0.15) is 36.2 Å². The van der Waals surface area contributed by atoms with E-state index in [9.17, 15) is 4.79 Å². The summed E-state index contributed by atoms with van der Waals surface area (Å²) in [6, 6.07) is 10.6. The van der Waals surface area contributed by atoms with Gasteiger partial charge in [0.15, 0.2) is 0 Å². The highest BCUT2D eigenvalue weighted by atomic mass is 16.2. The van der Waals surface area contributed by atoms with E-state index >= 15 is 0 Å². The third-order valence-electron chi connectivity index (χ3n) is 5.03. The Morgan fingerprint density at radius 1 is 1.24 bits per heavy atom. The summed E-state index contributed by atoms with van der Waals surface area (Å²) in [5.41, 5.74) is 4.21. The third-order valence-corrected chi connectivity index (χ3v) is 5.03. The minimum absolute atomic E-state index is 0.200. The van der Waals surface area contributed by atoms with Gasteiger partial charge in [-0.15, -0.1) is 0 Å². The van der Waals surface area contributed by atoms with Crippen LogP contribution in [0.4, 0.5) is 0 Å². The van der Waals surface area contributed by atoms with Crippen molar-refractivity contribution in [1.29, 1.82) is 0 Å². The normalized spacial score (nSPS) is 18.0. The maximum absolute atomic E-state index is 12.6. The molecule has 5 heteroatoms. The quantitative estimate of drug-likeness (QED) is 0.931. The Morgan fingerprint density at radius 3 is 2.68 bits per heavy atom. The van der Waals surface area contributed by atoms with Crippen molar-refractivity contribution in [2.45, 2.75) is 45.6 Å². The second kappa shape index (κ2) is 7.83. The van der Waals surface area contributed by atoms with Gasteiger partial charge >= 0.3 is 0 Å². The molecule has 25 heavy (non-hydrogen) atoms. The van der Waals surface area contributed by atoms with Crippen LogP contribution in [-0.4, -0.2) is 46.8 Å². The molecule has 0 aliphatic carbocycles. The van der Waals surface area contributed by atoms with Crippen molar-refractivity contribution in [3.63, 3.8) is 0 Å². The summed E-state index contributed by atoms with van der Waals surface area (Å²) in [4.78, 5) is 14.6. The number of hydrogen-bond acceptors (Lipinski definition) is 3. The van der Waals surface area contributed by atoms with Crippen molar-refractivity contribution in [2.75, 3.05) is 20.1 Å². The fraction of sp³-hybridized carbons (Fsp3) is 0.500. The van der Waals surface area contributed by atoms with E-state index in [0.717, 1.165) is 55.0 Å². The Hall–Kier alpha value is -2.14. The first kappa shape index (κ1) is 17.7. The molecular weight excluding hydrogens is 312 g/mol. The first-order valence-electron chi connectivity index (χ1n) is 9.13. The van der Waals surface area contributed by atoms with E-state index in [1.807, 2.05) is 54.7 Å². The van der Waals surface area contributed by atoms with Crippen LogP contribution in [0.15, 0.2) is 30.3 Å². The number of nitrogens with one attached hydrogen (secondary N) is 1. The summed E-state index contributed by atoms with van der Waals surface area (Å²) in [5.74, 6) is 0.200. The van der Waals surface area contributed by atoms with Crippen molar-refractivity contribution in [3.05, 3.63) is 47.3 Å². The van der Waals surface area contributed by atoms with E-state index in [1.165, 1.54) is 0 Å². The van der Waals surface area contributed by atoms with Gasteiger partial charge in [0.1, 0.15) is 0 Å². The van der Waals surface area contributed by atoms with Crippen molar-refractivity contribution >= 4 is 5.91 Å². The standard InChI is InChI=1S/C20H28N4O/c1-15-13-16(2)24(22-15)19-8-6-17(7-9-19)14-20(25)23(3)18-5-4-11-21-12-10-18/h6-9,13,18,21H,4-5,10-12,14H2,1-3H3. The molecule has 3 rings (SSSR count). The SMILES string of the molecule is Cc1cc(C)n(-c2ccc(CC(=O)N(C)C3CCCNCC3)cc2)n1. The third kappa shape index (κ3) is 4.28. The van der Waals surface area contributed by atoms with E-state index < -0.39 is 0 Å². The van der Waals surface area contributed by atoms with Crippen LogP contribution in [0.2, 0.25) is 0 Å². The monoisotopic (exact) mass is 340 g/mol. The molecule has 1 aliphatic rings. The minimum atomic E-state index is 0.200. The Bertz CT molecular complexity index is 712. The number of likely N-dealkylation sites (N-methyl/N-ethyl adjacent to an activating group) is 1. The molecule has 0 saturated carbocycles. The number of carbonyl (C=O) groups excluding carboxylic acids is 1. The van der Waals surface area contributed by atoms with Crippen molar-refractivity contribution in [3.8, 4) is 5.69 Å². The van der Waals surface area contributed by atoms with Crippen LogP contribution < -0.4 is 5.32 Å². The molecule has 1 aromatic carbocycles. The molecular formula is C20H28N4O. The number of carbonyl (C=O) groups is 1. The molecule has 1 unspecified atom stereocenters. The smallest absolute Gasteiger partial charge is 0.226 e. The molecule has 0 spiro atoms. The molecule has 1 atom stereocenters. The maximum atomic E-state index is 12.6. The summed E-state index contributed by atoms with van der Waals surface area (Å²) in [6.07, 6.45) is 3.72. The molecule has 1 amide bonds. The summed E-state index contributed by atoms with van der Waals surface area (Å²) in [7, 11) is 1.95. The molecule has 1 aliphatic heterocycles. The van der Waals surface area contributed by atoms with E-state index in [4.69, 9.17) is 0 Å². The number of rotatable bonds is 4. The lowest BCUT2D eigenvalue weighted by molar-refractivity contribution is -0.131. The molecule has 5 nitrogen and oxygen atoms in total. The lowest BCUT2D eigenvalue weighted by Gasteiger charge is -2.27. The Morgan fingerprint density at radius 2 is 2.00 bits per heavy atom. The zero-order valence-electron chi connectivity index (χ0n) is 15.5. The second-order valence-corrected chi connectivity index (χ2v) is 7.02. The van der Waals surface area contributed by atoms with Crippen molar-refractivity contribution < 1.29 is 4.79 Å². The zero-order valence-corrected chi connectivity index (χ0v) is 15.5. The first-order valence-corrected chi connectivity index (χ1v) is 9.13. The highest BCUT2D eigenvalue weighted by Gasteiger charge is 2.21. The molecule has 2 heterocycles. The van der Waals surface area contributed by atoms with Gasteiger partial charge in [0.05, 0.1) is 17.8 Å². The topological polar surface area (TPSA) is 50.2 Å². The Labute approximate surface area is 150 Å². The van der Waals surface area contributed by atoms with E-state index in [2.05, 4.69) is 16.5 Å². The van der Waals surface area contributed by atoms with Crippen LogP contribution in [0.5, 0.6) is 0 Å². The van der Waals surface area contributed by atoms with Crippen LogP contribution in [-0.2, 0) is 11.2 Å². The van der Waals surface area contributed by atoms with E-state index in [0.29, 0.717) is 12.5 Å². The molecule has 2 aromatic rings. The number of hydrogen-bond donors (Lipinski definition) is 1. The van der Waals surface area contributed by atoms with Crippen LogP contribution in [0.25, 0.3) is 5.69 Å². The molecule has 0 radical (unpaired) electrons. The largest absolute Gasteiger partial charge is 0.342 e. The van der Waals surface area contributed by atoms with Gasteiger partial charge in [-0.25, -0.2) is 4.68 Å². The first-order chi connectivity index (χ1) is 12.0. The van der Waals surface area contributed by atoms with Gasteiger partial charge in [0, 0.05) is 18.8 Å². The van der Waals surface area contributed by atoms with Crippen LogP contribution in [0, 0.1) is 13.8 Å². The van der Waals surface area contributed by atoms with Gasteiger partial charge in [-0.1, -0.05) is 12.1 Å². The van der Waals surface area contributed by atoms with E-state index in [1.54, 1.807) is 0 Å². The summed E-state index contributed by atoms with van der Waals surface area (Å²) < 4.78 is 1.94. The van der Waals surface area contributed by atoms with Gasteiger partial charge < -0.3 is 10.2 Å². The van der Waals surface area contributed by atoms with Crippen molar-refractivity contribution in [1.82, 2.24) is 20.0 Å². The average molecular weight is 340 g/mol. The van der Waals surface area contributed by atoms with Crippen LogP contribution in [0.3, 0.4) is 0 Å². The minimum Gasteiger partial charge on any atom is -0.342 e. The molecule has 1 fully saturated rings. The average Bonchev–Trinajstić information content (AvgIpc) is 2.80. The number of benzene rings is 1. The van der Waals surface area contributed by atoms with Gasteiger partial charge in [0.2, 0.25) is 5.91 Å². The predicted molar refractivity (Wildman–Crippen MR) is 100 cm³/mol. The predicted octanol–water partition coefficient (Wildman–Crippen LogP) is 2.63. The maximum Gasteiger partial charge on any atom is 0.226 e. The number of nitrogens with zero attached hydrogens (tertiary/aromatic N) is 3. The molecule has 1 N–H and O–H groups in total. The molecule has 134 valence electrons. The lowest BCUT2D eigenvalue weighted by Crippen LogP contribution is -2.38. The van der Waals surface area contributed by atoms with Crippen LogP contribution >= 0.6 is 0 Å². The number of aryl methyl sites for hydroxylation is 2. The molecule has 1 aromatic heterocycles. The van der Waals surface area contributed by atoms with Gasteiger partial charge in [0.25, 0.3) is 0 Å². The number of amides is 1. The fourth-order valence-electron chi connectivity index (χ4n) is 3.54. The van der Waals surface area contributed by atoms with Gasteiger partial charge in [-0.2, -0.15) is 5.10 Å².